The van der Waals surface area contributed by atoms with E-state index in [4.69, 9.17) is 19.5 Å². The Kier molecular flexibility index (Phi) is 23.4. The van der Waals surface area contributed by atoms with Crippen LogP contribution in [0, 0.1) is 35.0 Å². The van der Waals surface area contributed by atoms with Gasteiger partial charge >= 0.3 is 5.97 Å². The van der Waals surface area contributed by atoms with Gasteiger partial charge in [-0.15, -0.1) is 0 Å². The Labute approximate surface area is 442 Å². The number of likely N-dealkylation sites (tertiary alicyclic amines) is 1. The Morgan fingerprint density at radius 3 is 2.09 bits per heavy atom. The highest BCUT2D eigenvalue weighted by molar-refractivity contribution is 6.15. The van der Waals surface area contributed by atoms with E-state index in [2.05, 4.69) is 10.6 Å². The van der Waals surface area contributed by atoms with Gasteiger partial charge in [0.1, 0.15) is 23.9 Å². The molecule has 19 nitrogen and oxygen atoms in total. The number of likely N-dealkylation sites (N-methyl/N-ethyl adjacent to an activating group) is 2. The number of carbonyl (C=O) groups is 8. The van der Waals surface area contributed by atoms with Crippen molar-refractivity contribution in [2.45, 2.75) is 149 Å². The zero-order chi connectivity index (χ0) is 55.7. The van der Waals surface area contributed by atoms with E-state index < -0.39 is 83.8 Å². The third-order valence-electron chi connectivity index (χ3n) is 14.6. The number of carbonyl (C=O) groups excluding carboxylic acids is 7. The summed E-state index contributed by atoms with van der Waals surface area (Å²) in [4.78, 5) is 114. The molecule has 2 aromatic rings. The van der Waals surface area contributed by atoms with Gasteiger partial charge in [0.25, 0.3) is 11.8 Å². The van der Waals surface area contributed by atoms with Crippen molar-refractivity contribution in [2.75, 3.05) is 41.4 Å². The van der Waals surface area contributed by atoms with E-state index >= 15 is 0 Å². The van der Waals surface area contributed by atoms with E-state index in [0.29, 0.717) is 56.4 Å². The van der Waals surface area contributed by atoms with Crippen molar-refractivity contribution in [3.05, 3.63) is 77.6 Å². The smallest absolute Gasteiger partial charge is 0.326 e. The summed E-state index contributed by atoms with van der Waals surface area (Å²) in [5.74, 6) is -5.67. The summed E-state index contributed by atoms with van der Waals surface area (Å²) in [5, 5.41) is 24.6. The molecule has 0 bridgehead atoms. The van der Waals surface area contributed by atoms with Gasteiger partial charge in [0.15, 0.2) is 5.76 Å². The van der Waals surface area contributed by atoms with Crippen LogP contribution in [0.15, 0.2) is 66.4 Å². The number of aliphatic carboxylic acids is 1. The monoisotopic (exact) mass is 1040 g/mol. The van der Waals surface area contributed by atoms with E-state index in [1.807, 2.05) is 53.7 Å². The number of carboxylic acids is 1. The molecule has 2 aliphatic heterocycles. The summed E-state index contributed by atoms with van der Waals surface area (Å²) < 4.78 is 17.5. The summed E-state index contributed by atoms with van der Waals surface area (Å²) in [6.45, 7) is 13.4. The first-order valence-electron chi connectivity index (χ1n) is 26.1. The molecule has 9 atom stereocenters. The molecule has 7 amide bonds. The number of imide groups is 1. The van der Waals surface area contributed by atoms with Crippen LogP contribution in [0.3, 0.4) is 0 Å². The normalized spacial score (nSPS) is 17.8. The Morgan fingerprint density at radius 1 is 0.853 bits per heavy atom. The molecule has 0 aromatic heterocycles. The van der Waals surface area contributed by atoms with E-state index in [-0.39, 0.29) is 61.1 Å². The molecule has 0 aliphatic carbocycles. The number of unbranched alkanes of at least 4 members (excludes halogenated alkanes) is 2. The lowest BCUT2D eigenvalue weighted by molar-refractivity contribution is -0.149. The molecule has 4 unspecified atom stereocenters. The number of rotatable bonds is 29. The number of hydrogen-bond acceptors (Lipinski definition) is 12. The highest BCUT2D eigenvalue weighted by Crippen LogP contribution is 2.30. The fraction of sp³-hybridized carbons (Fsp3) is 0.589. The average Bonchev–Trinajstić information content (AvgIpc) is 3.97. The number of methoxy groups -OCH3 is 2. The first-order valence-corrected chi connectivity index (χ1v) is 26.1. The average molecular weight is 1040 g/mol. The van der Waals surface area contributed by atoms with Gasteiger partial charge in [0.05, 0.1) is 54.3 Å². The fourth-order valence-corrected chi connectivity index (χ4v) is 10.1. The second kappa shape index (κ2) is 28.9. The Bertz CT molecular complexity index is 2370. The number of hydrogen-bond donors (Lipinski definition) is 3. The highest BCUT2D eigenvalue weighted by Gasteiger charge is 2.44. The van der Waals surface area contributed by atoms with E-state index in [1.165, 1.54) is 31.3 Å². The van der Waals surface area contributed by atoms with Crippen molar-refractivity contribution in [3.63, 3.8) is 0 Å². The summed E-state index contributed by atoms with van der Waals surface area (Å²) >= 11 is 0. The van der Waals surface area contributed by atoms with Crippen LogP contribution in [0.25, 0.3) is 0 Å². The van der Waals surface area contributed by atoms with Crippen molar-refractivity contribution >= 4 is 47.3 Å². The van der Waals surface area contributed by atoms with Crippen LogP contribution in [0.1, 0.15) is 111 Å². The summed E-state index contributed by atoms with van der Waals surface area (Å²) in [7, 11) is 6.17. The zero-order valence-corrected chi connectivity index (χ0v) is 45.6. The van der Waals surface area contributed by atoms with Crippen molar-refractivity contribution in [2.24, 2.45) is 23.7 Å². The third-order valence-corrected chi connectivity index (χ3v) is 14.6. The van der Waals surface area contributed by atoms with Crippen molar-refractivity contribution in [3.8, 4) is 11.8 Å². The topological polar surface area (TPSA) is 245 Å². The Morgan fingerprint density at radius 2 is 1.52 bits per heavy atom. The van der Waals surface area contributed by atoms with Gasteiger partial charge in [-0.25, -0.2) is 4.79 Å². The summed E-state index contributed by atoms with van der Waals surface area (Å²) in [6.07, 6.45) is 2.92. The molecular weight excluding hydrogens is 963 g/mol. The predicted octanol–water partition coefficient (Wildman–Crippen LogP) is 5.11. The van der Waals surface area contributed by atoms with E-state index in [9.17, 15) is 43.5 Å². The van der Waals surface area contributed by atoms with Crippen molar-refractivity contribution < 1.29 is 57.7 Å². The molecule has 3 N–H and O–H groups in total. The van der Waals surface area contributed by atoms with Crippen LogP contribution >= 0.6 is 0 Å². The Balaban J connectivity index is 1.36. The SMILES string of the molecule is CC[C@H](C)C([C@H](CC(=O)N1CCCC1[C@@H](OC)C(C)C(=O)NC(Cc1ccccc1)C(=O)O)OC)N(C)C(=O)[C@@H](NC(=O)[C@H](C(C)C)N(C)C(=O)CCCCCN1C(=O)C=C(Oc2ccc(C#N)cc2)C1=O)C(C)C. The molecule has 4 rings (SSSR count). The zero-order valence-electron chi connectivity index (χ0n) is 45.6. The number of carboxylic acid groups (broad SMARTS) is 1. The molecule has 0 spiro atoms. The molecule has 19 heteroatoms. The molecule has 0 saturated carbocycles. The minimum atomic E-state index is -1.17. The third kappa shape index (κ3) is 16.2. The van der Waals surface area contributed by atoms with Crippen LogP contribution in [0.2, 0.25) is 0 Å². The number of amides is 7. The molecule has 2 aliphatic rings. The van der Waals surface area contributed by atoms with Crippen LogP contribution in [-0.4, -0.2) is 156 Å². The van der Waals surface area contributed by atoms with Crippen molar-refractivity contribution in [1.29, 1.82) is 5.26 Å². The first kappa shape index (κ1) is 60.9. The van der Waals surface area contributed by atoms with Gasteiger partial charge in [0.2, 0.25) is 29.5 Å². The largest absolute Gasteiger partial charge is 0.480 e. The Hall–Kier alpha value is -6.65. The van der Waals surface area contributed by atoms with Crippen LogP contribution in [0.4, 0.5) is 0 Å². The van der Waals surface area contributed by atoms with Crippen LogP contribution in [-0.2, 0) is 54.3 Å². The molecule has 2 aromatic carbocycles. The maximum atomic E-state index is 14.7. The number of nitriles is 1. The molecule has 1 saturated heterocycles. The first-order chi connectivity index (χ1) is 35.6. The molecule has 410 valence electrons. The second-order valence-electron chi connectivity index (χ2n) is 20.5. The minimum absolute atomic E-state index is 0.0938. The van der Waals surface area contributed by atoms with Gasteiger partial charge in [0, 0.05) is 54.2 Å². The maximum absolute atomic E-state index is 14.7. The van der Waals surface area contributed by atoms with Gasteiger partial charge in [-0.3, -0.25) is 38.5 Å². The summed E-state index contributed by atoms with van der Waals surface area (Å²) in [6, 6.07) is 13.0. The van der Waals surface area contributed by atoms with Crippen molar-refractivity contribution in [1.82, 2.24) is 30.2 Å². The van der Waals surface area contributed by atoms with Gasteiger partial charge < -0.3 is 44.7 Å². The van der Waals surface area contributed by atoms with Crippen LogP contribution < -0.4 is 15.4 Å². The number of ether oxygens (including phenoxy) is 3. The molecule has 0 radical (unpaired) electrons. The number of benzene rings is 2. The number of nitrogens with one attached hydrogen (secondary N) is 2. The second-order valence-corrected chi connectivity index (χ2v) is 20.5. The fourth-order valence-electron chi connectivity index (χ4n) is 10.1. The standard InChI is InChI=1S/C56H79N7O12/c1-12-36(6)50(43(73-10)31-46(65)62-29-19-22-42(62)51(74-11)37(7)52(67)58-41(56(71)72)30-38-20-15-13-16-21-38)61(9)55(70)48(34(2)3)59-53(68)49(35(4)5)60(8)45(64)23-17-14-18-28-63-47(66)32-44(54(63)69)75-40-26-24-39(33-57)25-27-40/h13,15-16,20-21,24-27,32,34-37,41-43,48-51H,12,14,17-19,22-23,28-31H2,1-11H3,(H,58,67)(H,59,68)(H,71,72)/t36-,37?,41?,42?,43-,48-,49-,50?,51-/m0/s1. The molecule has 2 heterocycles. The van der Waals surface area contributed by atoms with E-state index in [0.717, 1.165) is 16.5 Å². The molecule has 1 fully saturated rings. The quantitative estimate of drug-likeness (QED) is 0.0710. The highest BCUT2D eigenvalue weighted by atomic mass is 16.5. The van der Waals surface area contributed by atoms with Gasteiger partial charge in [-0.05, 0) is 73.3 Å². The lowest BCUT2D eigenvalue weighted by atomic mass is 9.89. The number of nitrogens with zero attached hydrogens (tertiary/aromatic N) is 5. The van der Waals surface area contributed by atoms with Gasteiger partial charge in [-0.1, -0.05) is 91.6 Å². The maximum Gasteiger partial charge on any atom is 0.326 e. The minimum Gasteiger partial charge on any atom is -0.480 e. The summed E-state index contributed by atoms with van der Waals surface area (Å²) in [5.41, 5.74) is 1.18. The molecule has 75 heavy (non-hydrogen) atoms. The van der Waals surface area contributed by atoms with Gasteiger partial charge in [-0.2, -0.15) is 5.26 Å². The lowest BCUT2D eigenvalue weighted by Crippen LogP contribution is -2.60. The lowest BCUT2D eigenvalue weighted by Gasteiger charge is -2.41. The van der Waals surface area contributed by atoms with Crippen LogP contribution in [0.5, 0.6) is 5.75 Å². The molecular formula is C56H79N7O12. The van der Waals surface area contributed by atoms with E-state index in [1.54, 1.807) is 67.2 Å². The predicted molar refractivity (Wildman–Crippen MR) is 279 cm³/mol.